The van der Waals surface area contributed by atoms with Gasteiger partial charge in [-0.15, -0.1) is 0 Å². The van der Waals surface area contributed by atoms with E-state index in [1.807, 2.05) is 11.9 Å². The molecule has 0 saturated carbocycles. The first-order valence-electron chi connectivity index (χ1n) is 9.44. The molecular formula is C22H39N2O+. The predicted molar refractivity (Wildman–Crippen MR) is 107 cm³/mol. The van der Waals surface area contributed by atoms with Crippen molar-refractivity contribution in [1.29, 1.82) is 0 Å². The van der Waals surface area contributed by atoms with Gasteiger partial charge in [-0.1, -0.05) is 65.0 Å². The number of carbonyl (C=O) groups excluding carboxylic acids is 1. The average Bonchev–Trinajstić information content (AvgIpc) is 2.44. The highest BCUT2D eigenvalue weighted by Crippen LogP contribution is 2.34. The van der Waals surface area contributed by atoms with E-state index in [9.17, 15) is 4.79 Å². The maximum atomic E-state index is 12.8. The molecule has 0 aromatic heterocycles. The molecule has 0 N–H and O–H groups in total. The number of amides is 1. The normalized spacial score (nSPS) is 13.0. The van der Waals surface area contributed by atoms with Crippen LogP contribution in [0.3, 0.4) is 0 Å². The molecule has 3 heteroatoms. The molecule has 142 valence electrons. The zero-order valence-corrected chi connectivity index (χ0v) is 17.7. The Balaban J connectivity index is 2.50. The first-order chi connectivity index (χ1) is 11.3. The van der Waals surface area contributed by atoms with Crippen molar-refractivity contribution in [3.63, 3.8) is 0 Å². The van der Waals surface area contributed by atoms with Gasteiger partial charge in [-0.05, 0) is 11.8 Å². The van der Waals surface area contributed by atoms with Crippen LogP contribution in [0.5, 0.6) is 0 Å². The fourth-order valence-electron chi connectivity index (χ4n) is 3.91. The Bertz CT molecular complexity index is 541. The van der Waals surface area contributed by atoms with Crippen molar-refractivity contribution < 1.29 is 9.28 Å². The topological polar surface area (TPSA) is 20.3 Å². The van der Waals surface area contributed by atoms with Crippen LogP contribution >= 0.6 is 0 Å². The van der Waals surface area contributed by atoms with Crippen LogP contribution in [0, 0.1) is 10.8 Å². The number of carbonyl (C=O) groups is 1. The van der Waals surface area contributed by atoms with Gasteiger partial charge in [-0.2, -0.15) is 0 Å². The molecule has 1 aromatic rings. The van der Waals surface area contributed by atoms with Crippen LogP contribution in [0.25, 0.3) is 0 Å². The summed E-state index contributed by atoms with van der Waals surface area (Å²) in [7, 11) is 6.47. The summed E-state index contributed by atoms with van der Waals surface area (Å²) in [6, 6.07) is 10.6. The smallest absolute Gasteiger partial charge is 0.227 e. The Morgan fingerprint density at radius 1 is 1.04 bits per heavy atom. The second-order valence-corrected chi connectivity index (χ2v) is 10.0. The summed E-state index contributed by atoms with van der Waals surface area (Å²) < 4.78 is 0.942. The van der Waals surface area contributed by atoms with Crippen molar-refractivity contribution in [2.45, 2.75) is 54.0 Å². The molecule has 0 fully saturated rings. The number of nitrogens with zero attached hydrogens (tertiary/aromatic N) is 2. The maximum Gasteiger partial charge on any atom is 0.227 e. The zero-order chi connectivity index (χ0) is 19.3. The summed E-state index contributed by atoms with van der Waals surface area (Å²) >= 11 is 0. The first kappa shape index (κ1) is 21.7. The summed E-state index contributed by atoms with van der Waals surface area (Å²) in [6.07, 6.45) is 1.92. The molecule has 0 aliphatic heterocycles. The Morgan fingerprint density at radius 2 is 1.60 bits per heavy atom. The SMILES string of the molecule is CN(CCC[N+](C)(C)Cc1ccccc1)C(=O)C(C)(C)CC(C)(C)C. The fraction of sp³-hybridized carbons (Fsp3) is 0.682. The molecule has 0 aliphatic carbocycles. The van der Waals surface area contributed by atoms with Crippen molar-refractivity contribution >= 4 is 5.91 Å². The molecule has 0 atom stereocenters. The maximum absolute atomic E-state index is 12.8. The van der Waals surface area contributed by atoms with E-state index in [2.05, 4.69) is 79.0 Å². The third-order valence-corrected chi connectivity index (χ3v) is 4.61. The molecule has 0 heterocycles. The molecule has 0 saturated heterocycles. The van der Waals surface area contributed by atoms with E-state index in [1.54, 1.807) is 0 Å². The second-order valence-electron chi connectivity index (χ2n) is 10.0. The van der Waals surface area contributed by atoms with E-state index in [4.69, 9.17) is 0 Å². The van der Waals surface area contributed by atoms with Gasteiger partial charge in [0.2, 0.25) is 5.91 Å². The lowest BCUT2D eigenvalue weighted by molar-refractivity contribution is -0.903. The second kappa shape index (κ2) is 8.35. The van der Waals surface area contributed by atoms with E-state index in [0.717, 1.165) is 37.0 Å². The highest BCUT2D eigenvalue weighted by atomic mass is 16.2. The third kappa shape index (κ3) is 8.04. The van der Waals surface area contributed by atoms with Crippen molar-refractivity contribution in [1.82, 2.24) is 4.90 Å². The molecule has 0 radical (unpaired) electrons. The Kier molecular flexibility index (Phi) is 7.25. The Hall–Kier alpha value is -1.35. The van der Waals surface area contributed by atoms with Gasteiger partial charge in [0.15, 0.2) is 0 Å². The van der Waals surface area contributed by atoms with E-state index in [-0.39, 0.29) is 16.7 Å². The molecule has 0 spiro atoms. The van der Waals surface area contributed by atoms with E-state index < -0.39 is 0 Å². The number of rotatable bonds is 8. The Morgan fingerprint density at radius 3 is 2.12 bits per heavy atom. The zero-order valence-electron chi connectivity index (χ0n) is 17.7. The lowest BCUT2D eigenvalue weighted by Crippen LogP contribution is -2.44. The molecule has 0 unspecified atom stereocenters. The summed E-state index contributed by atoms with van der Waals surface area (Å²) in [5.74, 6) is 0.260. The monoisotopic (exact) mass is 347 g/mol. The van der Waals surface area contributed by atoms with Gasteiger partial charge in [0, 0.05) is 31.0 Å². The molecule has 1 aromatic carbocycles. The average molecular weight is 348 g/mol. The van der Waals surface area contributed by atoms with Gasteiger partial charge >= 0.3 is 0 Å². The van der Waals surface area contributed by atoms with E-state index >= 15 is 0 Å². The lowest BCUT2D eigenvalue weighted by Gasteiger charge is -2.35. The van der Waals surface area contributed by atoms with Gasteiger partial charge in [-0.25, -0.2) is 0 Å². The van der Waals surface area contributed by atoms with Crippen LogP contribution in [0.1, 0.15) is 53.0 Å². The van der Waals surface area contributed by atoms with Gasteiger partial charge < -0.3 is 9.38 Å². The van der Waals surface area contributed by atoms with Gasteiger partial charge in [-0.3, -0.25) is 4.79 Å². The van der Waals surface area contributed by atoms with E-state index in [0.29, 0.717) is 0 Å². The summed E-state index contributed by atoms with van der Waals surface area (Å²) in [6.45, 7) is 13.7. The largest absolute Gasteiger partial charge is 0.345 e. The summed E-state index contributed by atoms with van der Waals surface area (Å²) in [5.41, 5.74) is 1.22. The minimum atomic E-state index is -0.304. The highest BCUT2D eigenvalue weighted by Gasteiger charge is 2.34. The fourth-order valence-corrected chi connectivity index (χ4v) is 3.91. The standard InChI is InChI=1S/C22H39N2O/c1-21(2,3)18-22(4,5)20(25)23(6)15-12-16-24(7,8)17-19-13-10-9-11-14-19/h9-11,13-14H,12,15-18H2,1-8H3/q+1. The molecular weight excluding hydrogens is 308 g/mol. The minimum Gasteiger partial charge on any atom is -0.345 e. The minimum absolute atomic E-state index is 0.161. The van der Waals surface area contributed by atoms with Crippen molar-refractivity contribution in [2.75, 3.05) is 34.2 Å². The highest BCUT2D eigenvalue weighted by molar-refractivity contribution is 5.81. The number of quaternary nitrogens is 1. The van der Waals surface area contributed by atoms with Crippen LogP contribution < -0.4 is 0 Å². The van der Waals surface area contributed by atoms with Crippen molar-refractivity contribution in [3.8, 4) is 0 Å². The van der Waals surface area contributed by atoms with Gasteiger partial charge in [0.25, 0.3) is 0 Å². The quantitative estimate of drug-likeness (QED) is 0.631. The van der Waals surface area contributed by atoms with Crippen molar-refractivity contribution in [3.05, 3.63) is 35.9 Å². The lowest BCUT2D eigenvalue weighted by atomic mass is 9.75. The van der Waals surface area contributed by atoms with E-state index in [1.165, 1.54) is 5.56 Å². The molecule has 1 amide bonds. The number of benzene rings is 1. The summed E-state index contributed by atoms with van der Waals surface area (Å²) in [4.78, 5) is 14.7. The molecule has 25 heavy (non-hydrogen) atoms. The summed E-state index contributed by atoms with van der Waals surface area (Å²) in [5, 5.41) is 0. The van der Waals surface area contributed by atoms with Gasteiger partial charge in [0.1, 0.15) is 6.54 Å². The molecule has 1 rings (SSSR count). The Labute approximate surface area is 155 Å². The number of hydrogen-bond donors (Lipinski definition) is 0. The van der Waals surface area contributed by atoms with Crippen LogP contribution in [0.15, 0.2) is 30.3 Å². The molecule has 0 bridgehead atoms. The predicted octanol–water partition coefficient (Wildman–Crippen LogP) is 4.57. The van der Waals surface area contributed by atoms with Crippen LogP contribution in [0.2, 0.25) is 0 Å². The van der Waals surface area contributed by atoms with Crippen LogP contribution in [-0.2, 0) is 11.3 Å². The van der Waals surface area contributed by atoms with Crippen LogP contribution in [0.4, 0.5) is 0 Å². The number of hydrogen-bond acceptors (Lipinski definition) is 1. The first-order valence-corrected chi connectivity index (χ1v) is 9.44. The third-order valence-electron chi connectivity index (χ3n) is 4.61. The van der Waals surface area contributed by atoms with Crippen molar-refractivity contribution in [2.24, 2.45) is 10.8 Å². The molecule has 3 nitrogen and oxygen atoms in total. The van der Waals surface area contributed by atoms with Crippen LogP contribution in [-0.4, -0.2) is 49.5 Å². The van der Waals surface area contributed by atoms with Gasteiger partial charge in [0.05, 0.1) is 20.6 Å². The molecule has 0 aliphatic rings.